The molecule has 5 rings (SSSR count). The number of aromatic nitrogens is 1. The monoisotopic (exact) mass is 418 g/mol. The molecule has 4 heterocycles. The second-order valence-corrected chi connectivity index (χ2v) is 8.13. The van der Waals surface area contributed by atoms with Crippen LogP contribution >= 0.6 is 0 Å². The summed E-state index contributed by atoms with van der Waals surface area (Å²) < 4.78 is 6.16. The van der Waals surface area contributed by atoms with E-state index in [1.165, 1.54) is 6.92 Å². The van der Waals surface area contributed by atoms with Crippen LogP contribution in [0.5, 0.6) is 0 Å². The fourth-order valence-corrected chi connectivity index (χ4v) is 4.75. The molecule has 0 radical (unpaired) electrons. The second kappa shape index (κ2) is 7.31. The van der Waals surface area contributed by atoms with Gasteiger partial charge in [-0.3, -0.25) is 19.4 Å². The Hall–Kier alpha value is -3.52. The van der Waals surface area contributed by atoms with Gasteiger partial charge in [-0.05, 0) is 35.9 Å². The minimum Gasteiger partial charge on any atom is -0.360 e. The van der Waals surface area contributed by atoms with Gasteiger partial charge in [-0.15, -0.1) is 0 Å². The van der Waals surface area contributed by atoms with E-state index in [-0.39, 0.29) is 17.7 Å². The number of carbonyl (C=O) groups excluding carboxylic acids is 3. The number of ether oxygens (including phenoxy) is 1. The molecule has 3 amide bonds. The highest BCUT2D eigenvalue weighted by Gasteiger charge is 2.67. The van der Waals surface area contributed by atoms with E-state index in [0.29, 0.717) is 24.5 Å². The normalized spacial score (nSPS) is 28.0. The van der Waals surface area contributed by atoms with E-state index in [1.54, 1.807) is 41.6 Å². The Labute approximate surface area is 179 Å². The maximum absolute atomic E-state index is 13.4. The van der Waals surface area contributed by atoms with Gasteiger partial charge >= 0.3 is 0 Å². The molecule has 2 N–H and O–H groups in total. The molecule has 1 aromatic carbocycles. The number of benzene rings is 1. The van der Waals surface area contributed by atoms with E-state index in [0.717, 1.165) is 5.56 Å². The summed E-state index contributed by atoms with van der Waals surface area (Å²) in [5, 5.41) is 5.64. The smallest absolute Gasteiger partial charge is 0.234 e. The molecule has 2 aromatic rings. The highest BCUT2D eigenvalue weighted by Crippen LogP contribution is 2.52. The van der Waals surface area contributed by atoms with Crippen LogP contribution in [0.2, 0.25) is 0 Å². The summed E-state index contributed by atoms with van der Waals surface area (Å²) >= 11 is 0. The summed E-state index contributed by atoms with van der Waals surface area (Å²) in [5.74, 6) is -1.61. The third-order valence-corrected chi connectivity index (χ3v) is 6.09. The molecule has 3 aliphatic rings. The van der Waals surface area contributed by atoms with Crippen molar-refractivity contribution >= 4 is 29.1 Å². The topological polar surface area (TPSA) is 101 Å². The van der Waals surface area contributed by atoms with Crippen LogP contribution in [-0.2, 0) is 25.7 Å². The lowest BCUT2D eigenvalue weighted by atomic mass is 9.77. The summed E-state index contributed by atoms with van der Waals surface area (Å²) in [6.07, 6.45) is 6.80. The van der Waals surface area contributed by atoms with Crippen molar-refractivity contribution in [1.29, 1.82) is 0 Å². The predicted molar refractivity (Wildman–Crippen MR) is 113 cm³/mol. The summed E-state index contributed by atoms with van der Waals surface area (Å²) in [5.41, 5.74) is 1.47. The molecule has 0 aliphatic carbocycles. The van der Waals surface area contributed by atoms with E-state index in [4.69, 9.17) is 4.74 Å². The third-order valence-electron chi connectivity index (χ3n) is 6.09. The van der Waals surface area contributed by atoms with Crippen molar-refractivity contribution in [2.45, 2.75) is 25.2 Å². The number of hydrogen-bond acceptors (Lipinski definition) is 5. The van der Waals surface area contributed by atoms with Crippen LogP contribution in [-0.4, -0.2) is 41.0 Å². The predicted octanol–water partition coefficient (Wildman–Crippen LogP) is 1.64. The Balaban J connectivity index is 1.34. The number of rotatable bonds is 5. The van der Waals surface area contributed by atoms with E-state index in [2.05, 4.69) is 15.6 Å². The molecule has 3 aliphatic heterocycles. The standard InChI is InChI=1S/C23H22N4O4/c1-14(28)26-16-4-6-17(7-5-16)27-13-23-9-8-18(31-23)19(20(23)22(27)30)21(29)25-12-15-3-2-10-24-11-15/h2-11,18-20H,12-13H2,1H3,(H,25,29)(H,26,28)/t18-,19+,20-,23-/m1/s1. The minimum atomic E-state index is -0.783. The summed E-state index contributed by atoms with van der Waals surface area (Å²) in [6, 6.07) is 10.8. The van der Waals surface area contributed by atoms with Crippen LogP contribution < -0.4 is 15.5 Å². The van der Waals surface area contributed by atoms with Gasteiger partial charge in [0, 0.05) is 37.2 Å². The van der Waals surface area contributed by atoms with E-state index < -0.39 is 23.5 Å². The Kier molecular flexibility index (Phi) is 4.59. The largest absolute Gasteiger partial charge is 0.360 e. The van der Waals surface area contributed by atoms with Gasteiger partial charge in [-0.25, -0.2) is 0 Å². The Morgan fingerprint density at radius 3 is 2.77 bits per heavy atom. The molecule has 2 saturated heterocycles. The maximum Gasteiger partial charge on any atom is 0.234 e. The molecule has 8 heteroatoms. The number of nitrogens with one attached hydrogen (secondary N) is 2. The molecule has 0 saturated carbocycles. The van der Waals surface area contributed by atoms with Gasteiger partial charge in [0.2, 0.25) is 17.7 Å². The Morgan fingerprint density at radius 2 is 2.06 bits per heavy atom. The first-order chi connectivity index (χ1) is 15.0. The number of carbonyl (C=O) groups is 3. The zero-order valence-corrected chi connectivity index (χ0v) is 16.9. The van der Waals surface area contributed by atoms with E-state index in [9.17, 15) is 14.4 Å². The van der Waals surface area contributed by atoms with Crippen LogP contribution in [0.3, 0.4) is 0 Å². The van der Waals surface area contributed by atoms with E-state index in [1.807, 2.05) is 24.3 Å². The van der Waals surface area contributed by atoms with Gasteiger partial charge in [0.15, 0.2) is 0 Å². The number of pyridine rings is 1. The van der Waals surface area contributed by atoms with Gasteiger partial charge < -0.3 is 20.3 Å². The average molecular weight is 418 g/mol. The molecule has 8 nitrogen and oxygen atoms in total. The molecular weight excluding hydrogens is 396 g/mol. The fourth-order valence-electron chi connectivity index (χ4n) is 4.75. The lowest BCUT2D eigenvalue weighted by molar-refractivity contribution is -0.132. The SMILES string of the molecule is CC(=O)Nc1ccc(N2C[C@@]34C=C[C@@H](O3)[C@H](C(=O)NCc3cccnc3)[C@@H]4C2=O)cc1. The van der Waals surface area contributed by atoms with Gasteiger partial charge in [0.1, 0.15) is 5.60 Å². The fraction of sp³-hybridized carbons (Fsp3) is 0.304. The second-order valence-electron chi connectivity index (χ2n) is 8.13. The molecule has 31 heavy (non-hydrogen) atoms. The first-order valence-corrected chi connectivity index (χ1v) is 10.2. The van der Waals surface area contributed by atoms with Crippen molar-refractivity contribution in [3.8, 4) is 0 Å². The Morgan fingerprint density at radius 1 is 1.26 bits per heavy atom. The summed E-state index contributed by atoms with van der Waals surface area (Å²) in [4.78, 5) is 43.3. The number of nitrogens with zero attached hydrogens (tertiary/aromatic N) is 2. The molecule has 4 atom stereocenters. The van der Waals surface area contributed by atoms with Crippen molar-refractivity contribution in [2.75, 3.05) is 16.8 Å². The zero-order valence-electron chi connectivity index (χ0n) is 16.9. The van der Waals surface area contributed by atoms with Crippen molar-refractivity contribution in [3.05, 3.63) is 66.5 Å². The van der Waals surface area contributed by atoms with Crippen molar-refractivity contribution in [1.82, 2.24) is 10.3 Å². The molecule has 0 unspecified atom stereocenters. The molecule has 158 valence electrons. The van der Waals surface area contributed by atoms with Gasteiger partial charge in [-0.1, -0.05) is 18.2 Å². The Bertz CT molecular complexity index is 1070. The number of hydrogen-bond donors (Lipinski definition) is 2. The lowest BCUT2D eigenvalue weighted by Crippen LogP contribution is -2.44. The van der Waals surface area contributed by atoms with Crippen LogP contribution in [0.1, 0.15) is 12.5 Å². The zero-order chi connectivity index (χ0) is 21.6. The third kappa shape index (κ3) is 3.29. The van der Waals surface area contributed by atoms with Crippen molar-refractivity contribution < 1.29 is 19.1 Å². The van der Waals surface area contributed by atoms with Gasteiger partial charge in [-0.2, -0.15) is 0 Å². The van der Waals surface area contributed by atoms with Crippen LogP contribution in [0.15, 0.2) is 60.9 Å². The molecule has 1 aromatic heterocycles. The minimum absolute atomic E-state index is 0.124. The summed E-state index contributed by atoms with van der Waals surface area (Å²) in [7, 11) is 0. The van der Waals surface area contributed by atoms with E-state index >= 15 is 0 Å². The van der Waals surface area contributed by atoms with Gasteiger partial charge in [0.05, 0.1) is 24.5 Å². The molecule has 1 spiro atoms. The molecular formula is C23H22N4O4. The van der Waals surface area contributed by atoms with Crippen molar-refractivity contribution in [3.63, 3.8) is 0 Å². The van der Waals surface area contributed by atoms with Crippen LogP contribution in [0.25, 0.3) is 0 Å². The average Bonchev–Trinajstić information content (AvgIpc) is 3.41. The first-order valence-electron chi connectivity index (χ1n) is 10.2. The van der Waals surface area contributed by atoms with Crippen LogP contribution in [0.4, 0.5) is 11.4 Å². The van der Waals surface area contributed by atoms with Gasteiger partial charge in [0.25, 0.3) is 0 Å². The first kappa shape index (κ1) is 19.4. The van der Waals surface area contributed by atoms with Crippen LogP contribution in [0, 0.1) is 11.8 Å². The van der Waals surface area contributed by atoms with Crippen molar-refractivity contribution in [2.24, 2.45) is 11.8 Å². The molecule has 2 fully saturated rings. The number of fused-ring (bicyclic) bond motifs is 1. The lowest BCUT2D eigenvalue weighted by Gasteiger charge is -2.23. The highest BCUT2D eigenvalue weighted by atomic mass is 16.5. The maximum atomic E-state index is 13.4. The number of amides is 3. The highest BCUT2D eigenvalue weighted by molar-refractivity contribution is 6.03. The molecule has 2 bridgehead atoms. The number of anilines is 2. The quantitative estimate of drug-likeness (QED) is 0.719. The summed E-state index contributed by atoms with van der Waals surface area (Å²) in [6.45, 7) is 2.15.